The summed E-state index contributed by atoms with van der Waals surface area (Å²) >= 11 is 0. The highest BCUT2D eigenvalue weighted by molar-refractivity contribution is 5.81. The summed E-state index contributed by atoms with van der Waals surface area (Å²) in [4.78, 5) is 14.4. The van der Waals surface area contributed by atoms with Crippen LogP contribution in [0.4, 0.5) is 0 Å². The first-order valence-corrected chi connectivity index (χ1v) is 6.05. The van der Waals surface area contributed by atoms with Gasteiger partial charge in [-0.2, -0.15) is 0 Å². The fourth-order valence-corrected chi connectivity index (χ4v) is 1.85. The summed E-state index contributed by atoms with van der Waals surface area (Å²) < 4.78 is 0. The number of aromatic nitrogens is 1. The molecule has 0 aliphatic carbocycles. The van der Waals surface area contributed by atoms with Gasteiger partial charge in [-0.3, -0.25) is 4.79 Å². The van der Waals surface area contributed by atoms with E-state index in [4.69, 9.17) is 0 Å². The molecule has 0 radical (unpaired) electrons. The van der Waals surface area contributed by atoms with Crippen LogP contribution in [0.1, 0.15) is 25.8 Å². The van der Waals surface area contributed by atoms with Crippen LogP contribution in [0.15, 0.2) is 35.1 Å². The molecule has 90 valence electrons. The number of hydrogen-bond donors (Lipinski definition) is 2. The Morgan fingerprint density at radius 2 is 2.12 bits per heavy atom. The molecule has 0 saturated heterocycles. The molecular weight excluding hydrogens is 212 g/mol. The molecule has 1 aromatic heterocycles. The summed E-state index contributed by atoms with van der Waals surface area (Å²) in [5.41, 5.74) is 1.93. The lowest BCUT2D eigenvalue weighted by Gasteiger charge is -2.12. The molecule has 0 fully saturated rings. The number of rotatable bonds is 4. The van der Waals surface area contributed by atoms with E-state index in [0.29, 0.717) is 6.04 Å². The number of fused-ring (bicyclic) bond motifs is 1. The number of pyridine rings is 1. The number of hydrogen-bond acceptors (Lipinski definition) is 2. The van der Waals surface area contributed by atoms with Crippen LogP contribution in [0.5, 0.6) is 0 Å². The normalized spacial score (nSPS) is 12.8. The molecule has 17 heavy (non-hydrogen) atoms. The molecule has 0 aliphatic heterocycles. The van der Waals surface area contributed by atoms with E-state index >= 15 is 0 Å². The molecule has 2 rings (SSSR count). The minimum absolute atomic E-state index is 0.0374. The number of para-hydroxylation sites is 1. The van der Waals surface area contributed by atoms with Crippen LogP contribution < -0.4 is 10.9 Å². The molecule has 0 saturated carbocycles. The SMILES string of the molecule is CCC(C)NCc1cc(=O)[nH]c2ccccc12. The van der Waals surface area contributed by atoms with Crippen molar-refractivity contribution in [2.45, 2.75) is 32.9 Å². The van der Waals surface area contributed by atoms with Crippen molar-refractivity contribution < 1.29 is 0 Å². The predicted octanol–water partition coefficient (Wildman–Crippen LogP) is 2.42. The Hall–Kier alpha value is -1.61. The van der Waals surface area contributed by atoms with Crippen LogP contribution in [0.25, 0.3) is 10.9 Å². The Kier molecular flexibility index (Phi) is 3.59. The van der Waals surface area contributed by atoms with Crippen LogP contribution in [-0.2, 0) is 6.54 Å². The highest BCUT2D eigenvalue weighted by Gasteiger charge is 2.04. The molecule has 0 bridgehead atoms. The second kappa shape index (κ2) is 5.15. The molecule has 3 heteroatoms. The van der Waals surface area contributed by atoms with Crippen LogP contribution in [0.2, 0.25) is 0 Å². The third-order valence-corrected chi connectivity index (χ3v) is 3.09. The molecule has 0 amide bonds. The van der Waals surface area contributed by atoms with E-state index in [1.165, 1.54) is 0 Å². The predicted molar refractivity (Wildman–Crippen MR) is 71.2 cm³/mol. The van der Waals surface area contributed by atoms with E-state index in [-0.39, 0.29) is 5.56 Å². The average Bonchev–Trinajstić information content (AvgIpc) is 2.35. The summed E-state index contributed by atoms with van der Waals surface area (Å²) in [5.74, 6) is 0. The lowest BCUT2D eigenvalue weighted by Crippen LogP contribution is -2.25. The van der Waals surface area contributed by atoms with Gasteiger partial charge < -0.3 is 10.3 Å². The Morgan fingerprint density at radius 1 is 1.35 bits per heavy atom. The van der Waals surface area contributed by atoms with Gasteiger partial charge in [0, 0.05) is 29.6 Å². The van der Waals surface area contributed by atoms with Crippen molar-refractivity contribution in [3.8, 4) is 0 Å². The minimum atomic E-state index is -0.0374. The lowest BCUT2D eigenvalue weighted by molar-refractivity contribution is 0.535. The Bertz CT molecular complexity index is 559. The van der Waals surface area contributed by atoms with E-state index in [1.54, 1.807) is 6.07 Å². The van der Waals surface area contributed by atoms with Gasteiger partial charge in [-0.15, -0.1) is 0 Å². The second-order valence-electron chi connectivity index (χ2n) is 4.39. The Labute approximate surface area is 101 Å². The quantitative estimate of drug-likeness (QED) is 0.847. The zero-order chi connectivity index (χ0) is 12.3. The molecule has 3 nitrogen and oxygen atoms in total. The van der Waals surface area contributed by atoms with Gasteiger partial charge in [0.15, 0.2) is 0 Å². The van der Waals surface area contributed by atoms with Crippen molar-refractivity contribution in [3.05, 3.63) is 46.2 Å². The van der Waals surface area contributed by atoms with Gasteiger partial charge in [-0.25, -0.2) is 0 Å². The summed E-state index contributed by atoms with van der Waals surface area (Å²) in [6.07, 6.45) is 1.08. The van der Waals surface area contributed by atoms with Crippen molar-refractivity contribution in [2.75, 3.05) is 0 Å². The van der Waals surface area contributed by atoms with E-state index in [1.807, 2.05) is 24.3 Å². The van der Waals surface area contributed by atoms with Crippen LogP contribution in [0.3, 0.4) is 0 Å². The fraction of sp³-hybridized carbons (Fsp3) is 0.357. The first-order chi connectivity index (χ1) is 8.20. The maximum Gasteiger partial charge on any atom is 0.248 e. The van der Waals surface area contributed by atoms with Crippen molar-refractivity contribution in [1.29, 1.82) is 0 Å². The molecule has 1 aromatic carbocycles. The summed E-state index contributed by atoms with van der Waals surface area (Å²) in [5, 5.41) is 4.53. The van der Waals surface area contributed by atoms with Gasteiger partial charge in [0.25, 0.3) is 0 Å². The monoisotopic (exact) mass is 230 g/mol. The van der Waals surface area contributed by atoms with Gasteiger partial charge in [-0.1, -0.05) is 25.1 Å². The van der Waals surface area contributed by atoms with Gasteiger partial charge in [0.2, 0.25) is 5.56 Å². The fourth-order valence-electron chi connectivity index (χ4n) is 1.85. The number of H-pyrrole nitrogens is 1. The number of nitrogens with one attached hydrogen (secondary N) is 2. The number of benzene rings is 1. The molecule has 1 unspecified atom stereocenters. The second-order valence-corrected chi connectivity index (χ2v) is 4.39. The van der Waals surface area contributed by atoms with E-state index < -0.39 is 0 Å². The van der Waals surface area contributed by atoms with Crippen molar-refractivity contribution in [1.82, 2.24) is 10.3 Å². The minimum Gasteiger partial charge on any atom is -0.322 e. The molecule has 0 spiro atoms. The summed E-state index contributed by atoms with van der Waals surface area (Å²) in [6, 6.07) is 10.0. The van der Waals surface area contributed by atoms with Gasteiger partial charge in [0.05, 0.1) is 0 Å². The molecule has 2 aromatic rings. The van der Waals surface area contributed by atoms with E-state index in [2.05, 4.69) is 24.1 Å². The maximum absolute atomic E-state index is 11.5. The molecule has 1 heterocycles. The van der Waals surface area contributed by atoms with Crippen LogP contribution in [0, 0.1) is 0 Å². The van der Waals surface area contributed by atoms with Gasteiger partial charge in [-0.05, 0) is 25.0 Å². The van der Waals surface area contributed by atoms with Crippen molar-refractivity contribution >= 4 is 10.9 Å². The first-order valence-electron chi connectivity index (χ1n) is 6.05. The Morgan fingerprint density at radius 3 is 2.88 bits per heavy atom. The first kappa shape index (κ1) is 11.9. The molecule has 0 aliphatic rings. The third-order valence-electron chi connectivity index (χ3n) is 3.09. The lowest BCUT2D eigenvalue weighted by atomic mass is 10.1. The Balaban J connectivity index is 2.35. The standard InChI is InChI=1S/C14H18N2O/c1-3-10(2)15-9-11-8-14(17)16-13-7-5-4-6-12(11)13/h4-8,10,15H,3,9H2,1-2H3,(H,16,17). The van der Waals surface area contributed by atoms with Gasteiger partial charge >= 0.3 is 0 Å². The number of aromatic amines is 1. The molecule has 2 N–H and O–H groups in total. The highest BCUT2D eigenvalue weighted by Crippen LogP contribution is 2.14. The highest BCUT2D eigenvalue weighted by atomic mass is 16.1. The maximum atomic E-state index is 11.5. The smallest absolute Gasteiger partial charge is 0.248 e. The van der Waals surface area contributed by atoms with Crippen LogP contribution >= 0.6 is 0 Å². The average molecular weight is 230 g/mol. The van der Waals surface area contributed by atoms with Crippen molar-refractivity contribution in [3.63, 3.8) is 0 Å². The van der Waals surface area contributed by atoms with E-state index in [0.717, 1.165) is 29.4 Å². The van der Waals surface area contributed by atoms with Crippen LogP contribution in [-0.4, -0.2) is 11.0 Å². The zero-order valence-corrected chi connectivity index (χ0v) is 10.3. The zero-order valence-electron chi connectivity index (χ0n) is 10.3. The largest absolute Gasteiger partial charge is 0.322 e. The van der Waals surface area contributed by atoms with Crippen molar-refractivity contribution in [2.24, 2.45) is 0 Å². The summed E-state index contributed by atoms with van der Waals surface area (Å²) in [7, 11) is 0. The summed E-state index contributed by atoms with van der Waals surface area (Å²) in [6.45, 7) is 5.03. The third kappa shape index (κ3) is 2.74. The van der Waals surface area contributed by atoms with Gasteiger partial charge in [0.1, 0.15) is 0 Å². The topological polar surface area (TPSA) is 44.9 Å². The molecule has 1 atom stereocenters. The molecular formula is C14H18N2O. The van der Waals surface area contributed by atoms with E-state index in [9.17, 15) is 4.79 Å².